The first-order valence-corrected chi connectivity index (χ1v) is 24.3. The fourth-order valence-electron chi connectivity index (χ4n) is 5.64. The summed E-state index contributed by atoms with van der Waals surface area (Å²) in [4.78, 5) is 35.4. The number of allylic oxidation sites excluding steroid dienone is 10. The Morgan fingerprint density at radius 1 is 0.610 bits per heavy atom. The normalized spacial score (nSPS) is 14.8. The number of hydrogen-bond acceptors (Lipinski definition) is 8. The van der Waals surface area contributed by atoms with Gasteiger partial charge in [0, 0.05) is 12.8 Å². The maximum atomic E-state index is 12.7. The maximum Gasteiger partial charge on any atom is 0.472 e. The van der Waals surface area contributed by atoms with Gasteiger partial charge in [0.15, 0.2) is 6.10 Å². The van der Waals surface area contributed by atoms with E-state index in [1.54, 1.807) is 12.2 Å². The zero-order valence-corrected chi connectivity index (χ0v) is 38.7. The van der Waals surface area contributed by atoms with Gasteiger partial charge in [0.25, 0.3) is 0 Å². The first kappa shape index (κ1) is 56.4. The molecule has 340 valence electrons. The number of unbranched alkanes of at least 4 members (excludes halogenated alkanes) is 14. The lowest BCUT2D eigenvalue weighted by atomic mass is 10.1. The van der Waals surface area contributed by atoms with Crippen LogP contribution < -0.4 is 0 Å². The molecule has 10 nitrogen and oxygen atoms in total. The zero-order chi connectivity index (χ0) is 43.7. The molecule has 0 aromatic heterocycles. The van der Waals surface area contributed by atoms with Crippen LogP contribution in [0.25, 0.3) is 0 Å². The number of quaternary nitrogens is 1. The molecule has 2 N–H and O–H groups in total. The molecule has 0 aliphatic heterocycles. The molecule has 0 fully saturated rings. The lowest BCUT2D eigenvalue weighted by molar-refractivity contribution is -0.870. The minimum absolute atomic E-state index is 0.00125. The molecule has 0 radical (unpaired) electrons. The zero-order valence-electron chi connectivity index (χ0n) is 37.8. The number of likely N-dealkylation sites (N-methyl/N-ethyl adjacent to an activating group) is 1. The van der Waals surface area contributed by atoms with Crippen molar-refractivity contribution in [1.29, 1.82) is 0 Å². The Labute approximate surface area is 360 Å². The Bertz CT molecular complexity index is 1250. The molecule has 0 amide bonds. The predicted molar refractivity (Wildman–Crippen MR) is 244 cm³/mol. The van der Waals surface area contributed by atoms with Crippen LogP contribution in [0.2, 0.25) is 0 Å². The summed E-state index contributed by atoms with van der Waals surface area (Å²) in [6, 6.07) is 0. The second-order valence-corrected chi connectivity index (χ2v) is 17.7. The topological polar surface area (TPSA) is 129 Å². The third-order valence-corrected chi connectivity index (χ3v) is 10.3. The van der Waals surface area contributed by atoms with Crippen molar-refractivity contribution in [3.63, 3.8) is 0 Å². The van der Waals surface area contributed by atoms with Crippen LogP contribution in [0.3, 0.4) is 0 Å². The molecular formula is C48H85NO9P+. The number of phosphoric acid groups is 1. The average Bonchev–Trinajstić information content (AvgIpc) is 3.18. The first-order chi connectivity index (χ1) is 28.4. The first-order valence-electron chi connectivity index (χ1n) is 22.8. The number of rotatable bonds is 40. The molecule has 0 saturated carbocycles. The lowest BCUT2D eigenvalue weighted by Gasteiger charge is -2.24. The van der Waals surface area contributed by atoms with Crippen LogP contribution in [0.4, 0.5) is 0 Å². The molecule has 0 aromatic rings. The van der Waals surface area contributed by atoms with E-state index in [1.165, 1.54) is 64.2 Å². The van der Waals surface area contributed by atoms with Gasteiger partial charge < -0.3 is 24.0 Å². The van der Waals surface area contributed by atoms with Crippen LogP contribution in [0.15, 0.2) is 72.9 Å². The van der Waals surface area contributed by atoms with E-state index in [9.17, 15) is 24.2 Å². The van der Waals surface area contributed by atoms with Crippen molar-refractivity contribution in [3.8, 4) is 0 Å². The minimum atomic E-state index is -4.42. The molecule has 0 heterocycles. The molecule has 0 spiro atoms. The van der Waals surface area contributed by atoms with Crippen molar-refractivity contribution in [2.45, 2.75) is 174 Å². The Hall–Kier alpha value is -2.59. The standard InChI is InChI=1S/C48H84NO9P/c1-6-8-10-12-14-16-17-18-19-20-21-22-23-25-27-31-35-39-47(51)55-43-46(44-57-59(53,54)56-42-41-49(3,4)5)58-48(52)40-36-32-28-30-34-38-45(50)37-33-29-26-24-15-13-11-9-7-2/h14-16,18-19,24,28-30,33-34,38,45-46,50H,6-13,17,20-23,25-27,31-32,35-37,39-44H2,1-5H3/p+1/b16-14-,19-18-,24-15-,30-28+,33-29-,38-34-/t45?,46-/m1/s1. The van der Waals surface area contributed by atoms with Crippen LogP contribution in [0, 0.1) is 0 Å². The summed E-state index contributed by atoms with van der Waals surface area (Å²) >= 11 is 0. The SMILES string of the molecule is CCCCC/C=C\C/C=C\CCCCCCCCCC(=O)OC[C@H](COP(=O)(O)OCC[N+](C)(C)C)OC(=O)CCC/C=C/C=C\C(O)C/C=C\C/C=C\CCCCC. The van der Waals surface area contributed by atoms with Gasteiger partial charge in [-0.25, -0.2) is 4.57 Å². The predicted octanol–water partition coefficient (Wildman–Crippen LogP) is 12.0. The summed E-state index contributed by atoms with van der Waals surface area (Å²) in [7, 11) is 1.37. The molecule has 0 rings (SSSR count). The van der Waals surface area contributed by atoms with Crippen molar-refractivity contribution in [1.82, 2.24) is 0 Å². The summed E-state index contributed by atoms with van der Waals surface area (Å²) in [5.41, 5.74) is 0. The second kappa shape index (κ2) is 39.5. The summed E-state index contributed by atoms with van der Waals surface area (Å²) in [5.74, 6) is -0.943. The van der Waals surface area contributed by atoms with Gasteiger partial charge in [0.2, 0.25) is 0 Å². The number of aliphatic hydroxyl groups excluding tert-OH is 1. The van der Waals surface area contributed by atoms with E-state index in [2.05, 4.69) is 56.4 Å². The van der Waals surface area contributed by atoms with E-state index in [-0.39, 0.29) is 26.1 Å². The van der Waals surface area contributed by atoms with Gasteiger partial charge in [-0.05, 0) is 77.0 Å². The Morgan fingerprint density at radius 3 is 1.73 bits per heavy atom. The molecule has 0 aliphatic rings. The largest absolute Gasteiger partial charge is 0.472 e. The highest BCUT2D eigenvalue weighted by atomic mass is 31.2. The second-order valence-electron chi connectivity index (χ2n) is 16.3. The van der Waals surface area contributed by atoms with E-state index in [4.69, 9.17) is 18.5 Å². The molecule has 0 saturated heterocycles. The minimum Gasteiger partial charge on any atom is -0.462 e. The van der Waals surface area contributed by atoms with E-state index in [0.717, 1.165) is 44.9 Å². The number of ether oxygens (including phenoxy) is 2. The van der Waals surface area contributed by atoms with Crippen molar-refractivity contribution in [2.75, 3.05) is 47.5 Å². The van der Waals surface area contributed by atoms with Crippen molar-refractivity contribution in [2.24, 2.45) is 0 Å². The summed E-state index contributed by atoms with van der Waals surface area (Å²) in [6.45, 7) is 4.17. The van der Waals surface area contributed by atoms with Crippen LogP contribution in [0.1, 0.15) is 162 Å². The average molecular weight is 851 g/mol. The fraction of sp³-hybridized carbons (Fsp3) is 0.708. The van der Waals surface area contributed by atoms with E-state index < -0.39 is 38.6 Å². The van der Waals surface area contributed by atoms with Gasteiger partial charge in [0.1, 0.15) is 19.8 Å². The Morgan fingerprint density at radius 2 is 1.14 bits per heavy atom. The number of hydrogen-bond donors (Lipinski definition) is 2. The lowest BCUT2D eigenvalue weighted by Crippen LogP contribution is -2.37. The van der Waals surface area contributed by atoms with Gasteiger partial charge in [-0.3, -0.25) is 18.6 Å². The molecule has 0 aromatic carbocycles. The van der Waals surface area contributed by atoms with Gasteiger partial charge in [-0.1, -0.05) is 145 Å². The summed E-state index contributed by atoms with van der Waals surface area (Å²) < 4.78 is 34.2. The number of carbonyl (C=O) groups is 2. The highest BCUT2D eigenvalue weighted by molar-refractivity contribution is 7.47. The van der Waals surface area contributed by atoms with Crippen molar-refractivity contribution < 1.29 is 47.2 Å². The quantitative estimate of drug-likeness (QED) is 0.0155. The Balaban J connectivity index is 4.54. The Kier molecular flexibility index (Phi) is 37.8. The number of aliphatic hydroxyl groups is 1. The van der Waals surface area contributed by atoms with Gasteiger partial charge >= 0.3 is 19.8 Å². The van der Waals surface area contributed by atoms with Gasteiger partial charge in [0.05, 0.1) is 33.9 Å². The smallest absolute Gasteiger partial charge is 0.462 e. The fourth-order valence-corrected chi connectivity index (χ4v) is 6.39. The highest BCUT2D eigenvalue weighted by Gasteiger charge is 2.27. The van der Waals surface area contributed by atoms with Crippen LogP contribution in [-0.4, -0.2) is 86.1 Å². The number of carbonyl (C=O) groups excluding carboxylic acids is 2. The number of nitrogens with zero attached hydrogens (tertiary/aromatic N) is 1. The van der Waals surface area contributed by atoms with Crippen LogP contribution in [-0.2, 0) is 32.7 Å². The maximum absolute atomic E-state index is 12.7. The number of esters is 2. The molecule has 2 unspecified atom stereocenters. The van der Waals surface area contributed by atoms with Gasteiger partial charge in [-0.2, -0.15) is 0 Å². The molecule has 0 bridgehead atoms. The monoisotopic (exact) mass is 851 g/mol. The van der Waals surface area contributed by atoms with Crippen molar-refractivity contribution >= 4 is 19.8 Å². The molecular weight excluding hydrogens is 765 g/mol. The van der Waals surface area contributed by atoms with E-state index in [1.807, 2.05) is 39.4 Å². The van der Waals surface area contributed by atoms with Crippen LogP contribution in [0.5, 0.6) is 0 Å². The van der Waals surface area contributed by atoms with Crippen molar-refractivity contribution in [3.05, 3.63) is 72.9 Å². The summed E-state index contributed by atoms with van der Waals surface area (Å²) in [5, 5.41) is 10.2. The molecule has 3 atom stereocenters. The highest BCUT2D eigenvalue weighted by Crippen LogP contribution is 2.43. The van der Waals surface area contributed by atoms with Crippen LogP contribution >= 0.6 is 7.82 Å². The molecule has 0 aliphatic carbocycles. The molecule has 11 heteroatoms. The van der Waals surface area contributed by atoms with E-state index >= 15 is 0 Å². The number of phosphoric ester groups is 1. The summed E-state index contributed by atoms with van der Waals surface area (Å²) in [6.07, 6.45) is 45.5. The third kappa shape index (κ3) is 43.3. The third-order valence-electron chi connectivity index (χ3n) is 9.29. The molecule has 59 heavy (non-hydrogen) atoms. The van der Waals surface area contributed by atoms with Gasteiger partial charge in [-0.15, -0.1) is 0 Å². The van der Waals surface area contributed by atoms with E-state index in [0.29, 0.717) is 36.7 Å².